The quantitative estimate of drug-likeness (QED) is 0.760. The molecule has 0 bridgehead atoms. The van der Waals surface area contributed by atoms with Gasteiger partial charge >= 0.3 is 5.97 Å². The number of anilines is 1. The van der Waals surface area contributed by atoms with E-state index < -0.39 is 17.8 Å². The fourth-order valence-electron chi connectivity index (χ4n) is 3.15. The van der Waals surface area contributed by atoms with Crippen LogP contribution >= 0.6 is 11.3 Å². The molecule has 1 aliphatic carbocycles. The zero-order chi connectivity index (χ0) is 19.6. The van der Waals surface area contributed by atoms with Gasteiger partial charge in [0.1, 0.15) is 10.8 Å². The molecule has 0 radical (unpaired) electrons. The molecule has 27 heavy (non-hydrogen) atoms. The summed E-state index contributed by atoms with van der Waals surface area (Å²) < 4.78 is 5.13. The van der Waals surface area contributed by atoms with Gasteiger partial charge in [-0.25, -0.2) is 0 Å². The third kappa shape index (κ3) is 4.16. The molecule has 142 valence electrons. The van der Waals surface area contributed by atoms with Crippen molar-refractivity contribution in [1.29, 1.82) is 0 Å². The highest BCUT2D eigenvalue weighted by atomic mass is 32.1. The number of methoxy groups -OCH3 is 1. The maximum atomic E-state index is 12.7. The minimum Gasteiger partial charge on any atom is -0.497 e. The van der Waals surface area contributed by atoms with E-state index in [1.165, 1.54) is 11.3 Å². The van der Waals surface area contributed by atoms with E-state index >= 15 is 0 Å². The van der Waals surface area contributed by atoms with E-state index in [2.05, 4.69) is 15.5 Å². The predicted molar refractivity (Wildman–Crippen MR) is 103 cm³/mol. The molecule has 7 nitrogen and oxygen atoms in total. The number of hydrogen-bond donors (Lipinski definition) is 2. The smallest absolute Gasteiger partial charge is 0.307 e. The van der Waals surface area contributed by atoms with Gasteiger partial charge < -0.3 is 15.2 Å². The standard InChI is InChI=1S/C19H21N3O4S/c1-10-8-14(15(18(24)25)9-11(10)2)16(23)20-19-22-21-17(27-19)12-4-6-13(26-3)7-5-12/h4-7,14-15H,8-9H2,1-3H3,(H,24,25)(H,20,22,23)/t14-,15+/m1/s1. The Morgan fingerprint density at radius 2 is 1.74 bits per heavy atom. The summed E-state index contributed by atoms with van der Waals surface area (Å²) in [6.45, 7) is 3.87. The Hall–Kier alpha value is -2.74. The van der Waals surface area contributed by atoms with Crippen molar-refractivity contribution in [3.63, 3.8) is 0 Å². The second-order valence-corrected chi connectivity index (χ2v) is 7.63. The van der Waals surface area contributed by atoms with Crippen LogP contribution in [0.15, 0.2) is 35.4 Å². The summed E-state index contributed by atoms with van der Waals surface area (Å²) in [4.78, 5) is 24.3. The molecule has 1 aromatic heterocycles. The number of allylic oxidation sites excluding steroid dienone is 2. The van der Waals surface area contributed by atoms with Crippen molar-refractivity contribution in [3.05, 3.63) is 35.4 Å². The summed E-state index contributed by atoms with van der Waals surface area (Å²) in [6.07, 6.45) is 0.839. The van der Waals surface area contributed by atoms with Crippen LogP contribution in [0.4, 0.5) is 5.13 Å². The van der Waals surface area contributed by atoms with Crippen molar-refractivity contribution in [2.45, 2.75) is 26.7 Å². The number of aliphatic carboxylic acids is 1. The topological polar surface area (TPSA) is 101 Å². The largest absolute Gasteiger partial charge is 0.497 e. The van der Waals surface area contributed by atoms with Gasteiger partial charge in [0.15, 0.2) is 0 Å². The number of carbonyl (C=O) groups is 2. The van der Waals surface area contributed by atoms with Crippen LogP contribution in [0.2, 0.25) is 0 Å². The van der Waals surface area contributed by atoms with E-state index in [9.17, 15) is 14.7 Å². The van der Waals surface area contributed by atoms with Crippen LogP contribution in [0, 0.1) is 11.8 Å². The monoisotopic (exact) mass is 387 g/mol. The molecule has 8 heteroatoms. The van der Waals surface area contributed by atoms with Gasteiger partial charge in [0.2, 0.25) is 11.0 Å². The fourth-order valence-corrected chi connectivity index (χ4v) is 3.90. The second kappa shape index (κ2) is 7.87. The van der Waals surface area contributed by atoms with Crippen LogP contribution in [-0.4, -0.2) is 34.3 Å². The number of carboxylic acid groups (broad SMARTS) is 1. The molecule has 1 amide bonds. The lowest BCUT2D eigenvalue weighted by Gasteiger charge is -2.29. The minimum atomic E-state index is -0.946. The number of benzene rings is 1. The molecule has 1 heterocycles. The summed E-state index contributed by atoms with van der Waals surface area (Å²) in [6, 6.07) is 7.38. The van der Waals surface area contributed by atoms with Crippen LogP contribution in [0.1, 0.15) is 26.7 Å². The molecule has 2 atom stereocenters. The maximum Gasteiger partial charge on any atom is 0.307 e. The van der Waals surface area contributed by atoms with Crippen molar-refractivity contribution in [3.8, 4) is 16.3 Å². The maximum absolute atomic E-state index is 12.7. The summed E-state index contributed by atoms with van der Waals surface area (Å²) in [7, 11) is 1.60. The van der Waals surface area contributed by atoms with Gasteiger partial charge in [0.25, 0.3) is 0 Å². The van der Waals surface area contributed by atoms with E-state index in [0.29, 0.717) is 23.0 Å². The number of nitrogens with one attached hydrogen (secondary N) is 1. The van der Waals surface area contributed by atoms with Crippen molar-refractivity contribution in [2.24, 2.45) is 11.8 Å². The summed E-state index contributed by atoms with van der Waals surface area (Å²) in [5.41, 5.74) is 2.98. The Bertz CT molecular complexity index is 889. The zero-order valence-corrected chi connectivity index (χ0v) is 16.2. The third-order valence-corrected chi connectivity index (χ3v) is 5.80. The molecular formula is C19H21N3O4S. The zero-order valence-electron chi connectivity index (χ0n) is 15.4. The van der Waals surface area contributed by atoms with Gasteiger partial charge in [-0.1, -0.05) is 22.5 Å². The lowest BCUT2D eigenvalue weighted by Crippen LogP contribution is -2.36. The van der Waals surface area contributed by atoms with E-state index in [1.807, 2.05) is 38.1 Å². The molecule has 0 unspecified atom stereocenters. The van der Waals surface area contributed by atoms with Crippen LogP contribution in [0.5, 0.6) is 5.75 Å². The van der Waals surface area contributed by atoms with E-state index in [4.69, 9.17) is 4.74 Å². The number of nitrogens with zero attached hydrogens (tertiary/aromatic N) is 2. The summed E-state index contributed by atoms with van der Waals surface area (Å²) in [5, 5.41) is 21.4. The van der Waals surface area contributed by atoms with Crippen molar-refractivity contribution in [2.75, 3.05) is 12.4 Å². The highest BCUT2D eigenvalue weighted by Crippen LogP contribution is 2.35. The predicted octanol–water partition coefficient (Wildman–Crippen LogP) is 3.60. The molecule has 0 saturated carbocycles. The highest BCUT2D eigenvalue weighted by molar-refractivity contribution is 7.18. The Morgan fingerprint density at radius 3 is 2.33 bits per heavy atom. The number of ether oxygens (including phenoxy) is 1. The number of carboxylic acids is 1. The van der Waals surface area contributed by atoms with Crippen molar-refractivity contribution < 1.29 is 19.4 Å². The lowest BCUT2D eigenvalue weighted by molar-refractivity contribution is -0.146. The van der Waals surface area contributed by atoms with Crippen LogP contribution in [0.3, 0.4) is 0 Å². The second-order valence-electron chi connectivity index (χ2n) is 6.65. The van der Waals surface area contributed by atoms with Gasteiger partial charge in [0, 0.05) is 5.56 Å². The highest BCUT2D eigenvalue weighted by Gasteiger charge is 2.37. The first-order valence-electron chi connectivity index (χ1n) is 8.56. The average molecular weight is 387 g/mol. The van der Waals surface area contributed by atoms with Gasteiger partial charge in [-0.2, -0.15) is 0 Å². The van der Waals surface area contributed by atoms with Gasteiger partial charge in [-0.05, 0) is 51.0 Å². The lowest BCUT2D eigenvalue weighted by atomic mass is 9.76. The number of hydrogen-bond acceptors (Lipinski definition) is 6. The van der Waals surface area contributed by atoms with Crippen LogP contribution in [0.25, 0.3) is 10.6 Å². The number of carbonyl (C=O) groups excluding carboxylic acids is 1. The normalized spacial score (nSPS) is 19.7. The molecule has 2 aromatic rings. The molecular weight excluding hydrogens is 366 g/mol. The van der Waals surface area contributed by atoms with Crippen molar-refractivity contribution >= 4 is 28.3 Å². The van der Waals surface area contributed by atoms with Gasteiger partial charge in [0.05, 0.1) is 18.9 Å². The first-order chi connectivity index (χ1) is 12.9. The molecule has 0 saturated heterocycles. The third-order valence-electron chi connectivity index (χ3n) is 4.91. The minimum absolute atomic E-state index is 0.327. The van der Waals surface area contributed by atoms with Crippen LogP contribution in [-0.2, 0) is 9.59 Å². The Kier molecular flexibility index (Phi) is 5.55. The van der Waals surface area contributed by atoms with Gasteiger partial charge in [-0.3, -0.25) is 9.59 Å². The number of aromatic nitrogens is 2. The molecule has 2 N–H and O–H groups in total. The molecule has 0 spiro atoms. The first kappa shape index (κ1) is 19.0. The number of rotatable bonds is 5. The van der Waals surface area contributed by atoms with E-state index in [0.717, 1.165) is 22.5 Å². The van der Waals surface area contributed by atoms with E-state index in [-0.39, 0.29) is 5.91 Å². The van der Waals surface area contributed by atoms with Crippen molar-refractivity contribution in [1.82, 2.24) is 10.2 Å². The molecule has 1 aromatic carbocycles. The Labute approximate surface area is 161 Å². The summed E-state index contributed by atoms with van der Waals surface area (Å²) >= 11 is 1.25. The molecule has 1 aliphatic rings. The Morgan fingerprint density at radius 1 is 1.11 bits per heavy atom. The number of amides is 1. The van der Waals surface area contributed by atoms with Gasteiger partial charge in [-0.15, -0.1) is 10.2 Å². The van der Waals surface area contributed by atoms with Crippen LogP contribution < -0.4 is 10.1 Å². The first-order valence-corrected chi connectivity index (χ1v) is 9.37. The molecule has 0 fully saturated rings. The average Bonchev–Trinajstić information content (AvgIpc) is 3.11. The SMILES string of the molecule is COc1ccc(-c2nnc(NC(=O)[C@@H]3CC(C)=C(C)C[C@@H]3C(=O)O)s2)cc1. The molecule has 0 aliphatic heterocycles. The summed E-state index contributed by atoms with van der Waals surface area (Å²) in [5.74, 6) is -1.86. The fraction of sp³-hybridized carbons (Fsp3) is 0.368. The Balaban J connectivity index is 1.74. The molecule has 3 rings (SSSR count). The van der Waals surface area contributed by atoms with E-state index in [1.54, 1.807) is 7.11 Å².